The van der Waals surface area contributed by atoms with Crippen molar-refractivity contribution in [3.05, 3.63) is 72.9 Å². The highest BCUT2D eigenvalue weighted by molar-refractivity contribution is 7.47. The number of allylic oxidation sites excluding steroid dienone is 12. The van der Waals surface area contributed by atoms with Crippen molar-refractivity contribution in [3.63, 3.8) is 0 Å². The molecule has 8 nitrogen and oxygen atoms in total. The molecule has 0 aliphatic rings. The van der Waals surface area contributed by atoms with E-state index in [1.807, 2.05) is 0 Å². The quantitative estimate of drug-likeness (QED) is 0.0275. The summed E-state index contributed by atoms with van der Waals surface area (Å²) in [6.45, 7) is 4.71. The Hall–Kier alpha value is -2.06. The molecule has 0 aliphatic carbocycles. The van der Waals surface area contributed by atoms with Crippen molar-refractivity contribution >= 4 is 13.8 Å². The maximum absolute atomic E-state index is 12.5. The topological polar surface area (TPSA) is 117 Å². The second-order valence-electron chi connectivity index (χ2n) is 13.5. The lowest BCUT2D eigenvalue weighted by molar-refractivity contribution is -0.154. The van der Waals surface area contributed by atoms with Gasteiger partial charge in [-0.3, -0.25) is 13.8 Å². The van der Waals surface area contributed by atoms with Gasteiger partial charge in [-0.15, -0.1) is 0 Å². The average Bonchev–Trinajstić information content (AvgIpc) is 3.15. The van der Waals surface area contributed by atoms with Crippen LogP contribution >= 0.6 is 7.82 Å². The molecule has 0 saturated carbocycles. The predicted octanol–water partition coefficient (Wildman–Crippen LogP) is 12.4. The summed E-state index contributed by atoms with van der Waals surface area (Å²) < 4.78 is 33.3. The van der Waals surface area contributed by atoms with E-state index in [1.165, 1.54) is 51.4 Å². The Balaban J connectivity index is 4.07. The number of phosphoric acid groups is 1. The second-order valence-corrected chi connectivity index (χ2v) is 14.9. The highest BCUT2D eigenvalue weighted by Crippen LogP contribution is 2.43. The zero-order valence-corrected chi connectivity index (χ0v) is 34.6. The second kappa shape index (κ2) is 41.1. The first-order valence-electron chi connectivity index (χ1n) is 20.9. The van der Waals surface area contributed by atoms with Gasteiger partial charge in [-0.25, -0.2) is 4.57 Å². The van der Waals surface area contributed by atoms with Crippen molar-refractivity contribution in [3.8, 4) is 0 Å². The molecule has 0 rings (SSSR count). The largest absolute Gasteiger partial charge is 0.472 e. The van der Waals surface area contributed by atoms with Gasteiger partial charge in [0.2, 0.25) is 0 Å². The van der Waals surface area contributed by atoms with Gasteiger partial charge in [0.05, 0.1) is 19.8 Å². The van der Waals surface area contributed by atoms with Crippen LogP contribution in [0, 0.1) is 0 Å². The maximum Gasteiger partial charge on any atom is 0.472 e. The molecule has 0 heterocycles. The molecular formula is C44H78NO7P. The third-order valence-electron chi connectivity index (χ3n) is 8.36. The van der Waals surface area contributed by atoms with Crippen LogP contribution < -0.4 is 5.73 Å². The molecule has 0 saturated heterocycles. The first-order valence-corrected chi connectivity index (χ1v) is 22.4. The molecule has 0 amide bonds. The summed E-state index contributed by atoms with van der Waals surface area (Å²) in [7, 11) is -4.28. The van der Waals surface area contributed by atoms with Crippen LogP contribution in [0.5, 0.6) is 0 Å². The number of unbranched alkanes of at least 4 members (excludes halogenated alkanes) is 14. The molecule has 53 heavy (non-hydrogen) atoms. The number of nitrogens with two attached hydrogens (primary N) is 1. The van der Waals surface area contributed by atoms with Gasteiger partial charge in [-0.1, -0.05) is 145 Å². The minimum atomic E-state index is -4.28. The lowest BCUT2D eigenvalue weighted by Crippen LogP contribution is -2.28. The Morgan fingerprint density at radius 3 is 1.60 bits per heavy atom. The van der Waals surface area contributed by atoms with Crippen molar-refractivity contribution in [2.24, 2.45) is 5.73 Å². The van der Waals surface area contributed by atoms with Crippen molar-refractivity contribution in [1.29, 1.82) is 0 Å². The minimum Gasteiger partial charge on any atom is -0.457 e. The van der Waals surface area contributed by atoms with Crippen molar-refractivity contribution in [2.75, 3.05) is 33.0 Å². The van der Waals surface area contributed by atoms with E-state index >= 15 is 0 Å². The molecule has 0 aromatic carbocycles. The first kappa shape index (κ1) is 50.9. The minimum absolute atomic E-state index is 0.0927. The smallest absolute Gasteiger partial charge is 0.457 e. The third kappa shape index (κ3) is 41.0. The Kier molecular flexibility index (Phi) is 39.5. The molecule has 0 radical (unpaired) electrons. The summed E-state index contributed by atoms with van der Waals surface area (Å²) in [5.41, 5.74) is 5.36. The number of carbonyl (C=O) groups excluding carboxylic acids is 1. The summed E-state index contributed by atoms with van der Waals surface area (Å²) in [5, 5.41) is 0. The Morgan fingerprint density at radius 1 is 0.585 bits per heavy atom. The molecule has 306 valence electrons. The molecule has 0 bridgehead atoms. The van der Waals surface area contributed by atoms with Crippen LogP contribution in [0.25, 0.3) is 0 Å². The van der Waals surface area contributed by atoms with Crippen LogP contribution in [0.2, 0.25) is 0 Å². The fourth-order valence-electron chi connectivity index (χ4n) is 5.31. The van der Waals surface area contributed by atoms with E-state index in [9.17, 15) is 14.3 Å². The van der Waals surface area contributed by atoms with Crippen LogP contribution in [-0.2, 0) is 27.9 Å². The number of carbonyl (C=O) groups is 1. The standard InChI is InChI=1S/C44H78NO7P/c1-3-5-7-9-11-13-15-17-18-19-20-21-22-23-24-25-26-28-30-32-34-36-39-49-41-43(42-51-53(47,48)50-40-38-45)52-44(46)37-35-33-31-29-27-16-14-12-10-8-6-4-2/h5,7,11-14,17-18,20-21,23-24,43H,3-4,6,8-10,15-16,19,22,25-42,45H2,1-2H3,(H,47,48)/b7-5-,13-11-,14-12-,18-17-,21-20-,24-23-. The van der Waals surface area contributed by atoms with E-state index in [1.54, 1.807) is 0 Å². The fraction of sp³-hybridized carbons (Fsp3) is 0.705. The molecule has 3 N–H and O–H groups in total. The normalized spacial score (nSPS) is 14.3. The van der Waals surface area contributed by atoms with E-state index in [4.69, 9.17) is 24.3 Å². The van der Waals surface area contributed by atoms with Crippen molar-refractivity contribution in [2.45, 2.75) is 168 Å². The third-order valence-corrected chi connectivity index (χ3v) is 9.34. The van der Waals surface area contributed by atoms with Gasteiger partial charge in [0.1, 0.15) is 6.10 Å². The predicted molar refractivity (Wildman–Crippen MR) is 224 cm³/mol. The van der Waals surface area contributed by atoms with E-state index in [-0.39, 0.29) is 32.3 Å². The molecule has 0 fully saturated rings. The average molecular weight is 764 g/mol. The number of phosphoric ester groups is 1. The van der Waals surface area contributed by atoms with Crippen LogP contribution in [0.15, 0.2) is 72.9 Å². The molecule has 0 aromatic heterocycles. The lowest BCUT2D eigenvalue weighted by Gasteiger charge is -2.20. The molecule has 2 atom stereocenters. The molecule has 2 unspecified atom stereocenters. The number of hydrogen-bond acceptors (Lipinski definition) is 7. The van der Waals surface area contributed by atoms with Gasteiger partial charge in [-0.2, -0.15) is 0 Å². The van der Waals surface area contributed by atoms with Gasteiger partial charge in [-0.05, 0) is 83.5 Å². The highest BCUT2D eigenvalue weighted by Gasteiger charge is 2.25. The van der Waals surface area contributed by atoms with Crippen LogP contribution in [0.3, 0.4) is 0 Å². The van der Waals surface area contributed by atoms with E-state index in [0.717, 1.165) is 89.9 Å². The first-order chi connectivity index (χ1) is 25.9. The van der Waals surface area contributed by atoms with E-state index in [2.05, 4.69) is 86.8 Å². The summed E-state index contributed by atoms with van der Waals surface area (Å²) in [6.07, 6.45) is 50.6. The molecular weight excluding hydrogens is 685 g/mol. The Morgan fingerprint density at radius 2 is 1.06 bits per heavy atom. The lowest BCUT2D eigenvalue weighted by atomic mass is 10.1. The van der Waals surface area contributed by atoms with Gasteiger partial charge >= 0.3 is 13.8 Å². The number of hydrogen-bond donors (Lipinski definition) is 2. The summed E-state index contributed by atoms with van der Waals surface area (Å²) in [4.78, 5) is 22.4. The fourth-order valence-corrected chi connectivity index (χ4v) is 6.08. The van der Waals surface area contributed by atoms with Crippen LogP contribution in [-0.4, -0.2) is 49.9 Å². The van der Waals surface area contributed by atoms with Crippen molar-refractivity contribution in [1.82, 2.24) is 0 Å². The van der Waals surface area contributed by atoms with Gasteiger partial charge in [0, 0.05) is 19.6 Å². The van der Waals surface area contributed by atoms with E-state index < -0.39 is 13.9 Å². The number of ether oxygens (including phenoxy) is 2. The monoisotopic (exact) mass is 764 g/mol. The zero-order valence-electron chi connectivity index (χ0n) is 33.7. The van der Waals surface area contributed by atoms with Gasteiger partial charge < -0.3 is 20.1 Å². The maximum atomic E-state index is 12.5. The molecule has 0 spiro atoms. The Labute approximate surface area is 325 Å². The van der Waals surface area contributed by atoms with Gasteiger partial charge in [0.15, 0.2) is 0 Å². The van der Waals surface area contributed by atoms with Gasteiger partial charge in [0.25, 0.3) is 0 Å². The number of rotatable bonds is 39. The highest BCUT2D eigenvalue weighted by atomic mass is 31.2. The summed E-state index contributed by atoms with van der Waals surface area (Å²) in [5.74, 6) is -0.350. The van der Waals surface area contributed by atoms with E-state index in [0.29, 0.717) is 13.0 Å². The number of esters is 1. The zero-order chi connectivity index (χ0) is 38.8. The molecule has 0 aromatic rings. The molecule has 9 heteroatoms. The Bertz CT molecular complexity index is 1040. The summed E-state index contributed by atoms with van der Waals surface area (Å²) in [6, 6.07) is 0. The summed E-state index contributed by atoms with van der Waals surface area (Å²) >= 11 is 0. The molecule has 0 aliphatic heterocycles. The SMILES string of the molecule is CC/C=C\C/C=C\C/C=C\C/C=C\C/C=C\CCCCCCCCOCC(COP(=O)(O)OCCN)OC(=O)CCCCCCC/C=C\CCCCC. The van der Waals surface area contributed by atoms with Crippen LogP contribution in [0.4, 0.5) is 0 Å². The van der Waals surface area contributed by atoms with Crippen LogP contribution in [0.1, 0.15) is 162 Å². The van der Waals surface area contributed by atoms with Crippen molar-refractivity contribution < 1.29 is 32.8 Å².